The SMILES string of the molecule is CB(O)N1CCN(C2c3ccc(Cl)cc3C(CO)=Cc3cccnc32)CC1.CB(O)N1CCN(C2c3ccc(Cl)cc3C(COS(C)(=O)=O)=Cc3cccnc32)CC1. The predicted octanol–water partition coefficient (Wildman–Crippen LogP) is 4.78. The number of aromatic nitrogens is 2. The molecule has 0 saturated carbocycles. The smallest absolute Gasteiger partial charge is 0.376 e. The minimum absolute atomic E-state index is 0.00934. The highest BCUT2D eigenvalue weighted by Gasteiger charge is 2.35. The van der Waals surface area contributed by atoms with Gasteiger partial charge < -0.3 is 24.8 Å². The molecule has 2 aliphatic heterocycles. The minimum atomic E-state index is -3.60. The monoisotopic (exact) mass is 844 g/mol. The summed E-state index contributed by atoms with van der Waals surface area (Å²) in [5, 5.41) is 31.0. The zero-order valence-corrected chi connectivity index (χ0v) is 35.2. The molecule has 2 fully saturated rings. The molecular formula is C41H48B2Cl2N6O6S. The van der Waals surface area contributed by atoms with Crippen molar-refractivity contribution in [2.75, 3.05) is 71.8 Å². The number of hydrogen-bond donors (Lipinski definition) is 3. The van der Waals surface area contributed by atoms with E-state index in [1.165, 1.54) is 0 Å². The molecule has 2 aromatic heterocycles. The maximum Gasteiger partial charge on any atom is 0.376 e. The molecule has 8 rings (SSSR count). The van der Waals surface area contributed by atoms with E-state index in [4.69, 9.17) is 37.4 Å². The van der Waals surface area contributed by atoms with E-state index in [2.05, 4.69) is 20.7 Å². The van der Waals surface area contributed by atoms with Crippen molar-refractivity contribution in [1.82, 2.24) is 29.4 Å². The van der Waals surface area contributed by atoms with Gasteiger partial charge in [-0.1, -0.05) is 47.5 Å². The van der Waals surface area contributed by atoms with Crippen molar-refractivity contribution < 1.29 is 27.8 Å². The summed E-state index contributed by atoms with van der Waals surface area (Å²) in [4.78, 5) is 18.3. The summed E-state index contributed by atoms with van der Waals surface area (Å²) in [5.41, 5.74) is 9.40. The number of nitrogens with zero attached hydrogens (tertiary/aromatic N) is 6. The van der Waals surface area contributed by atoms with Gasteiger partial charge in [0.05, 0.1) is 42.9 Å². The Morgan fingerprint density at radius 2 is 1.14 bits per heavy atom. The molecule has 58 heavy (non-hydrogen) atoms. The number of aliphatic hydroxyl groups is 1. The van der Waals surface area contributed by atoms with E-state index in [0.29, 0.717) is 10.0 Å². The molecule has 17 heteroatoms. The zero-order chi connectivity index (χ0) is 41.1. The summed E-state index contributed by atoms with van der Waals surface area (Å²) >= 11 is 12.6. The van der Waals surface area contributed by atoms with Crippen LogP contribution in [0.2, 0.25) is 23.7 Å². The third-order valence-corrected chi connectivity index (χ3v) is 12.3. The van der Waals surface area contributed by atoms with Crippen LogP contribution in [0.15, 0.2) is 73.1 Å². The Morgan fingerprint density at radius 1 is 0.707 bits per heavy atom. The molecule has 3 N–H and O–H groups in total. The van der Waals surface area contributed by atoms with E-state index >= 15 is 0 Å². The topological polar surface area (TPSA) is 143 Å². The van der Waals surface area contributed by atoms with Crippen molar-refractivity contribution in [2.45, 2.75) is 25.7 Å². The van der Waals surface area contributed by atoms with E-state index in [9.17, 15) is 23.6 Å². The lowest BCUT2D eigenvalue weighted by Crippen LogP contribution is -2.52. The maximum atomic E-state index is 11.7. The van der Waals surface area contributed by atoms with Crippen LogP contribution in [0.4, 0.5) is 0 Å². The van der Waals surface area contributed by atoms with Crippen molar-refractivity contribution in [3.63, 3.8) is 0 Å². The lowest BCUT2D eigenvalue weighted by atomic mass is 9.84. The number of pyridine rings is 2. The Hall–Kier alpha value is -3.44. The van der Waals surface area contributed by atoms with Gasteiger partial charge in [-0.15, -0.1) is 0 Å². The van der Waals surface area contributed by atoms with E-state index < -0.39 is 24.2 Å². The molecule has 0 radical (unpaired) electrons. The van der Waals surface area contributed by atoms with Gasteiger partial charge in [0.1, 0.15) is 0 Å². The van der Waals surface area contributed by atoms with Crippen LogP contribution in [-0.2, 0) is 14.3 Å². The number of halogens is 2. The second-order valence-corrected chi connectivity index (χ2v) is 17.6. The molecule has 2 atom stereocenters. The van der Waals surface area contributed by atoms with Crippen LogP contribution in [0.25, 0.3) is 23.3 Å². The van der Waals surface area contributed by atoms with Crippen LogP contribution in [0.1, 0.15) is 56.9 Å². The second kappa shape index (κ2) is 18.4. The number of benzene rings is 2. The van der Waals surface area contributed by atoms with Crippen molar-refractivity contribution >= 4 is 70.7 Å². The number of hydrogen-bond acceptors (Lipinski definition) is 12. The molecule has 0 amide bonds. The van der Waals surface area contributed by atoms with Gasteiger partial charge in [0.2, 0.25) is 0 Å². The fourth-order valence-corrected chi connectivity index (χ4v) is 9.06. The molecule has 304 valence electrons. The van der Waals surface area contributed by atoms with Crippen molar-refractivity contribution in [1.29, 1.82) is 0 Å². The Labute approximate surface area is 351 Å². The molecule has 2 aromatic carbocycles. The molecule has 2 saturated heterocycles. The second-order valence-electron chi connectivity index (χ2n) is 15.1. The average molecular weight is 845 g/mol. The molecule has 2 aliphatic carbocycles. The summed E-state index contributed by atoms with van der Waals surface area (Å²) in [6.45, 7) is 9.77. The summed E-state index contributed by atoms with van der Waals surface area (Å²) < 4.78 is 28.5. The fraction of sp³-hybridized carbons (Fsp3) is 0.366. The molecule has 12 nitrogen and oxygen atoms in total. The molecule has 4 aromatic rings. The largest absolute Gasteiger partial charge is 0.437 e. The summed E-state index contributed by atoms with van der Waals surface area (Å²) in [6.07, 6.45) is 8.60. The Balaban J connectivity index is 0.000000178. The van der Waals surface area contributed by atoms with Gasteiger partial charge in [-0.2, -0.15) is 8.42 Å². The first kappa shape index (κ1) is 42.7. The van der Waals surface area contributed by atoms with Gasteiger partial charge in [0.15, 0.2) is 0 Å². The van der Waals surface area contributed by atoms with Crippen LogP contribution >= 0.6 is 23.2 Å². The van der Waals surface area contributed by atoms with Crippen LogP contribution < -0.4 is 0 Å². The third-order valence-electron chi connectivity index (χ3n) is 11.3. The molecule has 2 unspecified atom stereocenters. The van der Waals surface area contributed by atoms with Crippen molar-refractivity contribution in [2.24, 2.45) is 0 Å². The summed E-state index contributed by atoms with van der Waals surface area (Å²) in [7, 11) is -4.51. The number of aliphatic hydroxyl groups excluding tert-OH is 1. The highest BCUT2D eigenvalue weighted by molar-refractivity contribution is 7.86. The average Bonchev–Trinajstić information content (AvgIpc) is 3.44. The van der Waals surface area contributed by atoms with E-state index in [0.717, 1.165) is 115 Å². The number of rotatable bonds is 8. The van der Waals surface area contributed by atoms with Crippen molar-refractivity contribution in [3.8, 4) is 0 Å². The van der Waals surface area contributed by atoms with Gasteiger partial charge in [0.25, 0.3) is 10.1 Å². The molecule has 0 bridgehead atoms. The predicted molar refractivity (Wildman–Crippen MR) is 233 cm³/mol. The van der Waals surface area contributed by atoms with Crippen LogP contribution in [-0.4, -0.2) is 139 Å². The van der Waals surface area contributed by atoms with E-state index in [-0.39, 0.29) is 25.3 Å². The fourth-order valence-electron chi connectivity index (χ4n) is 8.38. The quantitative estimate of drug-likeness (QED) is 0.166. The third kappa shape index (κ3) is 9.61. The molecule has 0 spiro atoms. The number of fused-ring (bicyclic) bond motifs is 4. The zero-order valence-electron chi connectivity index (χ0n) is 32.9. The van der Waals surface area contributed by atoms with Crippen LogP contribution in [0, 0.1) is 0 Å². The highest BCUT2D eigenvalue weighted by atomic mass is 35.5. The first-order valence-corrected chi connectivity index (χ1v) is 22.1. The maximum absolute atomic E-state index is 11.7. The number of piperazine rings is 2. The van der Waals surface area contributed by atoms with Crippen molar-refractivity contribution in [3.05, 3.63) is 128 Å². The Kier molecular flexibility index (Phi) is 13.6. The lowest BCUT2D eigenvalue weighted by molar-refractivity contribution is 0.144. The minimum Gasteiger partial charge on any atom is -0.437 e. The molecule has 4 aliphatic rings. The molecule has 4 heterocycles. The van der Waals surface area contributed by atoms with Crippen LogP contribution in [0.5, 0.6) is 0 Å². The van der Waals surface area contributed by atoms with E-state index in [1.54, 1.807) is 13.0 Å². The normalized spacial score (nSPS) is 20.1. The summed E-state index contributed by atoms with van der Waals surface area (Å²) in [6, 6.07) is 19.3. The van der Waals surface area contributed by atoms with Crippen LogP contribution in [0.3, 0.4) is 0 Å². The first-order valence-electron chi connectivity index (χ1n) is 19.5. The Bertz CT molecular complexity index is 2280. The highest BCUT2D eigenvalue weighted by Crippen LogP contribution is 2.42. The first-order chi connectivity index (χ1) is 27.8. The molecular weight excluding hydrogens is 797 g/mol. The van der Waals surface area contributed by atoms with Gasteiger partial charge in [-0.05, 0) is 107 Å². The Morgan fingerprint density at radius 3 is 1.55 bits per heavy atom. The van der Waals surface area contributed by atoms with Gasteiger partial charge in [-0.25, -0.2) is 0 Å². The standard InChI is InChI=1S/C21H25BClN3O4S.C20H23BClN3O2/c1-22(27)26-10-8-25(9-11-26)21-18-6-5-17(23)13-19(18)16(14-30-31(2,28)29)12-15-4-3-7-24-20(15)21;1-21(27)25-9-7-24(8-10-25)20-17-5-4-16(22)12-18(17)15(13-26)11-14-3-2-6-23-19(14)20/h3-7,12-13,21,27H,8-11,14H2,1-2H3;2-6,11-12,20,26-27H,7-10,13H2,1H3. The summed E-state index contributed by atoms with van der Waals surface area (Å²) in [5.74, 6) is 0. The van der Waals surface area contributed by atoms with Gasteiger partial charge >= 0.3 is 14.1 Å². The van der Waals surface area contributed by atoms with E-state index in [1.807, 2.05) is 84.6 Å². The lowest BCUT2D eigenvalue weighted by Gasteiger charge is -2.40. The van der Waals surface area contributed by atoms with Gasteiger partial charge in [0, 0.05) is 74.8 Å². The van der Waals surface area contributed by atoms with Gasteiger partial charge in [-0.3, -0.25) is 24.0 Å².